The fourth-order valence-electron chi connectivity index (χ4n) is 4.15. The maximum atomic E-state index is 13.0. The molecule has 4 rings (SSSR count). The monoisotopic (exact) mass is 376 g/mol. The topological polar surface area (TPSA) is 67.7 Å². The number of rotatable bonds is 3. The molecule has 2 aliphatic rings. The number of methoxy groups -OCH3 is 1. The Bertz CT molecular complexity index is 901. The SMILES string of the molecule is COc1cccc(S(=O)(=O)N2CCC3(CC2)c2nccn2CCN3C)c1. The maximum absolute atomic E-state index is 13.0. The van der Waals surface area contributed by atoms with Gasteiger partial charge in [-0.05, 0) is 32.0 Å². The average Bonchev–Trinajstić information content (AvgIpc) is 3.15. The molecule has 140 valence electrons. The van der Waals surface area contributed by atoms with Crippen molar-refractivity contribution in [3.63, 3.8) is 0 Å². The molecule has 1 aromatic heterocycles. The molecule has 0 atom stereocenters. The van der Waals surface area contributed by atoms with Crippen LogP contribution in [0.25, 0.3) is 0 Å². The van der Waals surface area contributed by atoms with Crippen molar-refractivity contribution in [2.75, 3.05) is 33.8 Å². The first-order chi connectivity index (χ1) is 12.5. The molecule has 1 aromatic carbocycles. The smallest absolute Gasteiger partial charge is 0.243 e. The van der Waals surface area contributed by atoms with E-state index in [2.05, 4.69) is 21.5 Å². The molecule has 0 aliphatic carbocycles. The highest BCUT2D eigenvalue weighted by Gasteiger charge is 2.46. The molecule has 1 spiro atoms. The minimum absolute atomic E-state index is 0.178. The fourth-order valence-corrected chi connectivity index (χ4v) is 5.63. The number of imidazole rings is 1. The van der Waals surface area contributed by atoms with Gasteiger partial charge in [-0.1, -0.05) is 6.07 Å². The first kappa shape index (κ1) is 17.5. The van der Waals surface area contributed by atoms with Crippen LogP contribution in [0.15, 0.2) is 41.6 Å². The molecule has 2 aliphatic heterocycles. The van der Waals surface area contributed by atoms with E-state index < -0.39 is 10.0 Å². The summed E-state index contributed by atoms with van der Waals surface area (Å²) in [6.07, 6.45) is 5.34. The van der Waals surface area contributed by atoms with Gasteiger partial charge in [0.25, 0.3) is 0 Å². The van der Waals surface area contributed by atoms with Gasteiger partial charge in [0.1, 0.15) is 11.6 Å². The summed E-state index contributed by atoms with van der Waals surface area (Å²) in [7, 11) is 0.131. The van der Waals surface area contributed by atoms with Crippen molar-refractivity contribution >= 4 is 10.0 Å². The van der Waals surface area contributed by atoms with Crippen LogP contribution in [0, 0.1) is 0 Å². The Morgan fingerprint density at radius 3 is 2.65 bits per heavy atom. The quantitative estimate of drug-likeness (QED) is 0.812. The van der Waals surface area contributed by atoms with Gasteiger partial charge in [0.15, 0.2) is 0 Å². The Morgan fingerprint density at radius 2 is 1.92 bits per heavy atom. The van der Waals surface area contributed by atoms with E-state index in [-0.39, 0.29) is 10.4 Å². The third-order valence-electron chi connectivity index (χ3n) is 5.77. The molecular formula is C18H24N4O3S. The van der Waals surface area contributed by atoms with Crippen molar-refractivity contribution in [3.8, 4) is 5.75 Å². The minimum atomic E-state index is -3.52. The zero-order valence-corrected chi connectivity index (χ0v) is 15.9. The van der Waals surface area contributed by atoms with Gasteiger partial charge in [-0.25, -0.2) is 13.4 Å². The number of sulfonamides is 1. The second kappa shape index (κ2) is 6.37. The molecule has 0 saturated carbocycles. The van der Waals surface area contributed by atoms with Crippen LogP contribution in [0.5, 0.6) is 5.75 Å². The molecule has 0 unspecified atom stereocenters. The third-order valence-corrected chi connectivity index (χ3v) is 7.66. The molecule has 1 saturated heterocycles. The van der Waals surface area contributed by atoms with Gasteiger partial charge in [0.05, 0.1) is 17.5 Å². The van der Waals surface area contributed by atoms with E-state index in [0.29, 0.717) is 18.8 Å². The van der Waals surface area contributed by atoms with Crippen LogP contribution in [0.3, 0.4) is 0 Å². The molecule has 0 bridgehead atoms. The van der Waals surface area contributed by atoms with Crippen molar-refractivity contribution in [1.29, 1.82) is 0 Å². The lowest BCUT2D eigenvalue weighted by molar-refractivity contribution is 0.0271. The maximum Gasteiger partial charge on any atom is 0.243 e. The summed E-state index contributed by atoms with van der Waals surface area (Å²) in [5.41, 5.74) is -0.178. The zero-order valence-electron chi connectivity index (χ0n) is 15.1. The third kappa shape index (κ3) is 2.64. The van der Waals surface area contributed by atoms with E-state index in [1.807, 2.05) is 12.4 Å². The lowest BCUT2D eigenvalue weighted by Crippen LogP contribution is -2.56. The predicted molar refractivity (Wildman–Crippen MR) is 97.5 cm³/mol. The highest BCUT2D eigenvalue weighted by atomic mass is 32.2. The van der Waals surface area contributed by atoms with Crippen LogP contribution in [0.2, 0.25) is 0 Å². The van der Waals surface area contributed by atoms with E-state index in [0.717, 1.165) is 31.8 Å². The van der Waals surface area contributed by atoms with E-state index in [4.69, 9.17) is 4.74 Å². The van der Waals surface area contributed by atoms with Crippen molar-refractivity contribution in [2.24, 2.45) is 0 Å². The number of piperidine rings is 1. The molecule has 8 heteroatoms. The summed E-state index contributed by atoms with van der Waals surface area (Å²) < 4.78 is 35.0. The van der Waals surface area contributed by atoms with Crippen LogP contribution >= 0.6 is 0 Å². The Labute approximate surface area is 154 Å². The first-order valence-electron chi connectivity index (χ1n) is 8.84. The van der Waals surface area contributed by atoms with Crippen molar-refractivity contribution in [2.45, 2.75) is 29.8 Å². The lowest BCUT2D eigenvalue weighted by atomic mass is 9.84. The van der Waals surface area contributed by atoms with Crippen LogP contribution in [-0.4, -0.2) is 61.0 Å². The molecule has 0 amide bonds. The molecule has 26 heavy (non-hydrogen) atoms. The van der Waals surface area contributed by atoms with E-state index in [9.17, 15) is 8.42 Å². The number of fused-ring (bicyclic) bond motifs is 2. The van der Waals surface area contributed by atoms with E-state index >= 15 is 0 Å². The standard InChI is InChI=1S/C18H24N4O3S/c1-20-12-13-21-11-8-19-17(21)18(20)6-9-22(10-7-18)26(23,24)16-5-3-4-15(14-16)25-2/h3-5,8,11,14H,6-7,9-10,12-13H2,1-2H3. The molecule has 0 radical (unpaired) electrons. The van der Waals surface area contributed by atoms with Gasteiger partial charge in [-0.3, -0.25) is 4.90 Å². The van der Waals surface area contributed by atoms with Crippen LogP contribution in [-0.2, 0) is 22.1 Å². The second-order valence-corrected chi connectivity index (χ2v) is 8.92. The van der Waals surface area contributed by atoms with Crippen LogP contribution < -0.4 is 4.74 Å². The van der Waals surface area contributed by atoms with Gasteiger partial charge < -0.3 is 9.30 Å². The van der Waals surface area contributed by atoms with Crippen molar-refractivity contribution < 1.29 is 13.2 Å². The van der Waals surface area contributed by atoms with Gasteiger partial charge in [-0.2, -0.15) is 4.31 Å². The molecule has 0 N–H and O–H groups in total. The van der Waals surface area contributed by atoms with Crippen LogP contribution in [0.1, 0.15) is 18.7 Å². The molecule has 7 nitrogen and oxygen atoms in total. The fraction of sp³-hybridized carbons (Fsp3) is 0.500. The highest BCUT2D eigenvalue weighted by Crippen LogP contribution is 2.40. The number of hydrogen-bond donors (Lipinski definition) is 0. The minimum Gasteiger partial charge on any atom is -0.497 e. The Hall–Kier alpha value is -1.90. The normalized spacial score (nSPS) is 20.8. The lowest BCUT2D eigenvalue weighted by Gasteiger charge is -2.49. The predicted octanol–water partition coefficient (Wildman–Crippen LogP) is 1.52. The zero-order chi connectivity index (χ0) is 18.4. The number of aromatic nitrogens is 2. The summed E-state index contributed by atoms with van der Waals surface area (Å²) in [6.45, 7) is 2.85. The number of nitrogens with zero attached hydrogens (tertiary/aromatic N) is 4. The van der Waals surface area contributed by atoms with Gasteiger partial charge in [0.2, 0.25) is 10.0 Å². The first-order valence-corrected chi connectivity index (χ1v) is 10.3. The summed E-state index contributed by atoms with van der Waals surface area (Å²) in [5.74, 6) is 1.61. The molecule has 2 aromatic rings. The Kier molecular flexibility index (Phi) is 4.29. The van der Waals surface area contributed by atoms with Crippen LogP contribution in [0.4, 0.5) is 0 Å². The number of ether oxygens (including phenoxy) is 1. The van der Waals surface area contributed by atoms with Crippen molar-refractivity contribution in [3.05, 3.63) is 42.5 Å². The number of hydrogen-bond acceptors (Lipinski definition) is 5. The van der Waals surface area contributed by atoms with E-state index in [1.54, 1.807) is 28.6 Å². The summed E-state index contributed by atoms with van der Waals surface area (Å²) in [5, 5.41) is 0. The average molecular weight is 376 g/mol. The molecule has 1 fully saturated rings. The van der Waals surface area contributed by atoms with Gasteiger partial charge in [0, 0.05) is 44.6 Å². The summed E-state index contributed by atoms with van der Waals surface area (Å²) in [4.78, 5) is 7.21. The second-order valence-electron chi connectivity index (χ2n) is 6.98. The number of benzene rings is 1. The summed E-state index contributed by atoms with van der Waals surface area (Å²) >= 11 is 0. The van der Waals surface area contributed by atoms with Gasteiger partial charge >= 0.3 is 0 Å². The molecule has 3 heterocycles. The number of likely N-dealkylation sites (N-methyl/N-ethyl adjacent to an activating group) is 1. The highest BCUT2D eigenvalue weighted by molar-refractivity contribution is 7.89. The Balaban J connectivity index is 1.59. The van der Waals surface area contributed by atoms with Gasteiger partial charge in [-0.15, -0.1) is 0 Å². The van der Waals surface area contributed by atoms with E-state index in [1.165, 1.54) is 7.11 Å². The van der Waals surface area contributed by atoms with Crippen molar-refractivity contribution in [1.82, 2.24) is 18.8 Å². The Morgan fingerprint density at radius 1 is 1.15 bits per heavy atom. The summed E-state index contributed by atoms with van der Waals surface area (Å²) in [6, 6.07) is 6.67. The largest absolute Gasteiger partial charge is 0.497 e. The molecular weight excluding hydrogens is 352 g/mol.